The maximum absolute atomic E-state index is 13.9. The van der Waals surface area contributed by atoms with E-state index in [4.69, 9.17) is 0 Å². The molecule has 0 saturated carbocycles. The van der Waals surface area contributed by atoms with Gasteiger partial charge < -0.3 is 5.32 Å². The monoisotopic (exact) mass is 371 g/mol. The summed E-state index contributed by atoms with van der Waals surface area (Å²) < 4.78 is 67.7. The molecule has 0 atom stereocenters. The van der Waals surface area contributed by atoms with E-state index in [-0.39, 0.29) is 11.8 Å². The summed E-state index contributed by atoms with van der Waals surface area (Å²) in [7, 11) is 0. The van der Waals surface area contributed by atoms with Gasteiger partial charge in [0.25, 0.3) is 5.91 Å². The first-order valence-corrected chi connectivity index (χ1v) is 8.03. The van der Waals surface area contributed by atoms with Crippen molar-refractivity contribution in [3.05, 3.63) is 64.0 Å². The standard InChI is InChI=1S/C19H18F5NO/c1-8(2)10-6-5-7-11(9(3)4)18(10)25-19(26)12-13(20)15(22)17(24)16(23)14(12)21/h5-9H,1-4H3,(H,25,26). The van der Waals surface area contributed by atoms with Gasteiger partial charge in [0.1, 0.15) is 5.56 Å². The van der Waals surface area contributed by atoms with Crippen LogP contribution in [-0.4, -0.2) is 5.91 Å². The highest BCUT2D eigenvalue weighted by molar-refractivity contribution is 6.05. The van der Waals surface area contributed by atoms with E-state index in [1.54, 1.807) is 18.2 Å². The lowest BCUT2D eigenvalue weighted by atomic mass is 9.92. The molecule has 0 bridgehead atoms. The van der Waals surface area contributed by atoms with Crippen LogP contribution in [0.1, 0.15) is 61.0 Å². The first-order chi connectivity index (χ1) is 12.1. The lowest BCUT2D eigenvalue weighted by Crippen LogP contribution is -2.21. The molecule has 0 fully saturated rings. The Morgan fingerprint density at radius 3 is 1.54 bits per heavy atom. The van der Waals surface area contributed by atoms with Crippen LogP contribution in [0.5, 0.6) is 0 Å². The normalized spacial score (nSPS) is 11.3. The molecule has 0 aliphatic rings. The number of halogens is 5. The zero-order valence-corrected chi connectivity index (χ0v) is 14.7. The molecule has 7 heteroatoms. The topological polar surface area (TPSA) is 29.1 Å². The molecule has 140 valence electrons. The molecule has 0 heterocycles. The van der Waals surface area contributed by atoms with Gasteiger partial charge in [-0.25, -0.2) is 22.0 Å². The molecule has 0 aliphatic carbocycles. The summed E-state index contributed by atoms with van der Waals surface area (Å²) >= 11 is 0. The Kier molecular flexibility index (Phi) is 5.68. The second-order valence-corrected chi connectivity index (χ2v) is 6.52. The lowest BCUT2D eigenvalue weighted by Gasteiger charge is -2.20. The van der Waals surface area contributed by atoms with Gasteiger partial charge >= 0.3 is 0 Å². The van der Waals surface area contributed by atoms with Crippen LogP contribution in [0.4, 0.5) is 27.6 Å². The van der Waals surface area contributed by atoms with Gasteiger partial charge in [-0.05, 0) is 23.0 Å². The molecule has 0 aliphatic heterocycles. The minimum Gasteiger partial charge on any atom is -0.321 e. The molecule has 26 heavy (non-hydrogen) atoms. The molecule has 1 amide bonds. The summed E-state index contributed by atoms with van der Waals surface area (Å²) in [6.45, 7) is 7.42. The number of para-hydroxylation sites is 1. The van der Waals surface area contributed by atoms with Gasteiger partial charge in [0, 0.05) is 5.69 Å². The summed E-state index contributed by atoms with van der Waals surface area (Å²) in [6.07, 6.45) is 0. The van der Waals surface area contributed by atoms with E-state index in [0.717, 1.165) is 0 Å². The smallest absolute Gasteiger partial charge is 0.261 e. The van der Waals surface area contributed by atoms with Crippen molar-refractivity contribution in [1.82, 2.24) is 0 Å². The molecule has 2 aromatic carbocycles. The van der Waals surface area contributed by atoms with Crippen LogP contribution < -0.4 is 5.32 Å². The Hall–Kier alpha value is -2.44. The van der Waals surface area contributed by atoms with Crippen LogP contribution >= 0.6 is 0 Å². The van der Waals surface area contributed by atoms with Crippen LogP contribution in [0.15, 0.2) is 18.2 Å². The maximum atomic E-state index is 13.9. The summed E-state index contributed by atoms with van der Waals surface area (Å²) in [6, 6.07) is 5.23. The molecule has 0 radical (unpaired) electrons. The Balaban J connectivity index is 2.60. The van der Waals surface area contributed by atoms with Crippen molar-refractivity contribution >= 4 is 11.6 Å². The molecule has 2 rings (SSSR count). The van der Waals surface area contributed by atoms with E-state index >= 15 is 0 Å². The van der Waals surface area contributed by atoms with Crippen molar-refractivity contribution in [1.29, 1.82) is 0 Å². The van der Waals surface area contributed by atoms with Gasteiger partial charge in [0.15, 0.2) is 23.3 Å². The summed E-state index contributed by atoms with van der Waals surface area (Å²) in [5, 5.41) is 2.34. The quantitative estimate of drug-likeness (QED) is 0.406. The minimum atomic E-state index is -2.30. The van der Waals surface area contributed by atoms with E-state index in [0.29, 0.717) is 16.8 Å². The van der Waals surface area contributed by atoms with E-state index < -0.39 is 40.6 Å². The fourth-order valence-electron chi connectivity index (χ4n) is 2.68. The number of carbonyl (C=O) groups is 1. The van der Waals surface area contributed by atoms with E-state index in [1.807, 2.05) is 27.7 Å². The number of anilines is 1. The Bertz CT molecular complexity index is 806. The largest absolute Gasteiger partial charge is 0.321 e. The molecule has 2 aromatic rings. The molecular weight excluding hydrogens is 353 g/mol. The average molecular weight is 371 g/mol. The fourth-order valence-corrected chi connectivity index (χ4v) is 2.68. The molecule has 0 saturated heterocycles. The number of carbonyl (C=O) groups excluding carboxylic acids is 1. The molecular formula is C19H18F5NO. The number of hydrogen-bond donors (Lipinski definition) is 1. The molecule has 2 nitrogen and oxygen atoms in total. The molecule has 0 aromatic heterocycles. The summed E-state index contributed by atoms with van der Waals surface area (Å²) in [5.74, 6) is -12.4. The molecule has 0 unspecified atom stereocenters. The zero-order valence-electron chi connectivity index (χ0n) is 14.7. The Morgan fingerprint density at radius 2 is 1.15 bits per heavy atom. The van der Waals surface area contributed by atoms with Gasteiger partial charge in [-0.1, -0.05) is 45.9 Å². The molecule has 1 N–H and O–H groups in total. The number of nitrogens with one attached hydrogen (secondary N) is 1. The van der Waals surface area contributed by atoms with Crippen molar-refractivity contribution in [3.8, 4) is 0 Å². The van der Waals surface area contributed by atoms with Gasteiger partial charge in [-0.15, -0.1) is 0 Å². The second kappa shape index (κ2) is 7.43. The molecule has 0 spiro atoms. The van der Waals surface area contributed by atoms with Gasteiger partial charge in [-0.3, -0.25) is 4.79 Å². The van der Waals surface area contributed by atoms with Gasteiger partial charge in [-0.2, -0.15) is 0 Å². The third kappa shape index (κ3) is 3.43. The maximum Gasteiger partial charge on any atom is 0.261 e. The average Bonchev–Trinajstić information content (AvgIpc) is 2.58. The third-order valence-electron chi connectivity index (χ3n) is 4.05. The highest BCUT2D eigenvalue weighted by Gasteiger charge is 2.30. The van der Waals surface area contributed by atoms with Gasteiger partial charge in [0.05, 0.1) is 0 Å². The van der Waals surface area contributed by atoms with Crippen LogP contribution in [0.2, 0.25) is 0 Å². The predicted octanol–water partition coefficient (Wildman–Crippen LogP) is 5.88. The first-order valence-electron chi connectivity index (χ1n) is 8.03. The first kappa shape index (κ1) is 19.9. The number of hydrogen-bond acceptors (Lipinski definition) is 1. The third-order valence-corrected chi connectivity index (χ3v) is 4.05. The number of rotatable bonds is 4. The highest BCUT2D eigenvalue weighted by atomic mass is 19.2. The van der Waals surface area contributed by atoms with E-state index in [1.165, 1.54) is 0 Å². The van der Waals surface area contributed by atoms with E-state index in [2.05, 4.69) is 5.32 Å². The summed E-state index contributed by atoms with van der Waals surface area (Å²) in [4.78, 5) is 12.4. The van der Waals surface area contributed by atoms with Crippen LogP contribution in [0.3, 0.4) is 0 Å². The fraction of sp³-hybridized carbons (Fsp3) is 0.316. The predicted molar refractivity (Wildman–Crippen MR) is 88.8 cm³/mol. The van der Waals surface area contributed by atoms with Gasteiger partial charge in [0.2, 0.25) is 5.82 Å². The SMILES string of the molecule is CC(C)c1cccc(C(C)C)c1NC(=O)c1c(F)c(F)c(F)c(F)c1F. The highest BCUT2D eigenvalue weighted by Crippen LogP contribution is 2.33. The summed E-state index contributed by atoms with van der Waals surface area (Å²) in [5.41, 5.74) is 0.183. The minimum absolute atomic E-state index is 0.0413. The Morgan fingerprint density at radius 1 is 0.769 bits per heavy atom. The van der Waals surface area contributed by atoms with Crippen molar-refractivity contribution in [3.63, 3.8) is 0 Å². The van der Waals surface area contributed by atoms with Crippen molar-refractivity contribution in [2.75, 3.05) is 5.32 Å². The Labute approximate surface area is 148 Å². The van der Waals surface area contributed by atoms with Crippen LogP contribution in [0.25, 0.3) is 0 Å². The van der Waals surface area contributed by atoms with Crippen molar-refractivity contribution in [2.24, 2.45) is 0 Å². The van der Waals surface area contributed by atoms with Crippen molar-refractivity contribution < 1.29 is 26.7 Å². The van der Waals surface area contributed by atoms with Crippen molar-refractivity contribution in [2.45, 2.75) is 39.5 Å². The van der Waals surface area contributed by atoms with E-state index in [9.17, 15) is 26.7 Å². The lowest BCUT2D eigenvalue weighted by molar-refractivity contribution is 0.101. The number of amides is 1. The number of benzene rings is 2. The van der Waals surface area contributed by atoms with Crippen LogP contribution in [0, 0.1) is 29.1 Å². The zero-order chi connectivity index (χ0) is 19.8. The van der Waals surface area contributed by atoms with Crippen LogP contribution in [-0.2, 0) is 0 Å². The second-order valence-electron chi connectivity index (χ2n) is 6.52.